The molecule has 2 heterocycles. The third-order valence-corrected chi connectivity index (χ3v) is 7.52. The van der Waals surface area contributed by atoms with E-state index in [4.69, 9.17) is 27.9 Å². The second kappa shape index (κ2) is 11.8. The van der Waals surface area contributed by atoms with Crippen molar-refractivity contribution in [3.05, 3.63) is 69.6 Å². The van der Waals surface area contributed by atoms with Gasteiger partial charge in [0.25, 0.3) is 0 Å². The zero-order chi connectivity index (χ0) is 25.7. The number of pyridine rings is 1. The summed E-state index contributed by atoms with van der Waals surface area (Å²) < 4.78 is 18.8. The third-order valence-electron chi connectivity index (χ3n) is 7.00. The lowest BCUT2D eigenvalue weighted by Gasteiger charge is -2.40. The molecule has 1 fully saturated rings. The van der Waals surface area contributed by atoms with Crippen LogP contribution in [-0.4, -0.2) is 53.4 Å². The highest BCUT2D eigenvalue weighted by Gasteiger charge is 2.34. The number of hydrogen-bond acceptors (Lipinski definition) is 5. The summed E-state index contributed by atoms with van der Waals surface area (Å²) in [4.78, 5) is 6.58. The van der Waals surface area contributed by atoms with Crippen molar-refractivity contribution < 1.29 is 19.3 Å². The van der Waals surface area contributed by atoms with Crippen LogP contribution in [-0.2, 0) is 0 Å². The van der Waals surface area contributed by atoms with Gasteiger partial charge in [-0.05, 0) is 80.6 Å². The molecule has 1 aliphatic rings. The first kappa shape index (κ1) is 26.7. The minimum absolute atomic E-state index is 0.0552. The van der Waals surface area contributed by atoms with Crippen molar-refractivity contribution in [2.45, 2.75) is 31.8 Å². The Morgan fingerprint density at radius 1 is 1.19 bits per heavy atom. The molecule has 5 nitrogen and oxygen atoms in total. The number of likely N-dealkylation sites (tertiary alicyclic amines) is 1. The van der Waals surface area contributed by atoms with Crippen LogP contribution in [0.1, 0.15) is 42.9 Å². The van der Waals surface area contributed by atoms with Crippen molar-refractivity contribution in [1.29, 1.82) is 0 Å². The molecule has 2 N–H and O–H groups in total. The molecule has 8 heteroatoms. The molecular weight excluding hydrogens is 502 g/mol. The number of hydrogen-bond donors (Lipinski definition) is 2. The van der Waals surface area contributed by atoms with Gasteiger partial charge in [-0.1, -0.05) is 35.0 Å². The average molecular weight is 531 g/mol. The number of methoxy groups -OCH3 is 1. The predicted molar refractivity (Wildman–Crippen MR) is 141 cm³/mol. The minimum Gasteiger partial charge on any atom is -0.497 e. The molecule has 0 aliphatic carbocycles. The average Bonchev–Trinajstić information content (AvgIpc) is 2.87. The molecule has 3 aromatic rings. The van der Waals surface area contributed by atoms with E-state index in [0.717, 1.165) is 36.8 Å². The summed E-state index contributed by atoms with van der Waals surface area (Å²) >= 11 is 12.3. The van der Waals surface area contributed by atoms with Gasteiger partial charge in [-0.2, -0.15) is 0 Å². The van der Waals surface area contributed by atoms with Gasteiger partial charge in [0.1, 0.15) is 11.6 Å². The number of ether oxygens (including phenoxy) is 1. The fraction of sp³-hybridized carbons (Fsp3) is 0.393. The lowest BCUT2D eigenvalue weighted by atomic mass is 9.74. The van der Waals surface area contributed by atoms with Gasteiger partial charge in [-0.25, -0.2) is 4.39 Å². The van der Waals surface area contributed by atoms with E-state index < -0.39 is 11.9 Å². The highest BCUT2D eigenvalue weighted by Crippen LogP contribution is 2.40. The topological polar surface area (TPSA) is 65.8 Å². The summed E-state index contributed by atoms with van der Waals surface area (Å²) in [5, 5.41) is 22.9. The normalized spacial score (nSPS) is 16.4. The number of aliphatic hydroxyl groups excluding tert-OH is 2. The zero-order valence-electron chi connectivity index (χ0n) is 20.1. The van der Waals surface area contributed by atoms with E-state index in [1.54, 1.807) is 19.4 Å². The summed E-state index contributed by atoms with van der Waals surface area (Å²) in [6, 6.07) is 9.77. The maximum Gasteiger partial charge on any atom is 0.125 e. The Hall–Kier alpha value is -2.40. The molecule has 0 amide bonds. The van der Waals surface area contributed by atoms with E-state index in [1.165, 1.54) is 12.1 Å². The molecule has 4 rings (SSSR count). The van der Waals surface area contributed by atoms with Crippen LogP contribution in [0.4, 0.5) is 4.39 Å². The Balaban J connectivity index is 1.38. The van der Waals surface area contributed by atoms with Crippen molar-refractivity contribution in [2.75, 3.05) is 33.4 Å². The maximum atomic E-state index is 13.5. The maximum absolute atomic E-state index is 13.5. The van der Waals surface area contributed by atoms with Gasteiger partial charge in [0, 0.05) is 34.3 Å². The Labute approximate surface area is 220 Å². The molecule has 190 valence electrons. The third kappa shape index (κ3) is 6.29. The summed E-state index contributed by atoms with van der Waals surface area (Å²) in [6.45, 7) is 2.18. The molecule has 2 aromatic carbocycles. The van der Waals surface area contributed by atoms with Crippen molar-refractivity contribution in [3.8, 4) is 17.6 Å². The van der Waals surface area contributed by atoms with Gasteiger partial charge in [0.15, 0.2) is 0 Å². The van der Waals surface area contributed by atoms with Crippen LogP contribution in [0, 0.1) is 23.1 Å². The van der Waals surface area contributed by atoms with Crippen LogP contribution in [0.2, 0.25) is 10.0 Å². The molecule has 0 radical (unpaired) electrons. The lowest BCUT2D eigenvalue weighted by molar-refractivity contribution is 0.0273. The summed E-state index contributed by atoms with van der Waals surface area (Å²) in [5.41, 5.74) is 1.66. The monoisotopic (exact) mass is 530 g/mol. The largest absolute Gasteiger partial charge is 0.497 e. The Morgan fingerprint density at radius 2 is 1.97 bits per heavy atom. The fourth-order valence-electron chi connectivity index (χ4n) is 4.77. The number of aromatic nitrogens is 1. The van der Waals surface area contributed by atoms with Crippen molar-refractivity contribution in [1.82, 2.24) is 9.88 Å². The van der Waals surface area contributed by atoms with Crippen LogP contribution < -0.4 is 4.74 Å². The SMILES string of the molecule is COc1ccc2ncc(Cl)c([C@@H](O)CCC3(CO)CCN(CC#Cc4cc(F)cc(Cl)c4)CC3)c2c1. The first-order valence-corrected chi connectivity index (χ1v) is 12.7. The van der Waals surface area contributed by atoms with Crippen LogP contribution >= 0.6 is 23.2 Å². The fourth-order valence-corrected chi connectivity index (χ4v) is 5.27. The summed E-state index contributed by atoms with van der Waals surface area (Å²) in [5.74, 6) is 6.33. The standard InChI is InChI=1S/C28H29Cl2FN2O3/c1-36-22-4-5-25-23(16-22)27(24(30)17-32-25)26(35)6-7-28(18-34)8-11-33(12-9-28)10-2-3-19-13-20(29)15-21(31)14-19/h4-5,13-17,26,34-35H,6-12,18H2,1H3/t26-/m0/s1. The van der Waals surface area contributed by atoms with Gasteiger partial charge >= 0.3 is 0 Å². The van der Waals surface area contributed by atoms with Crippen molar-refractivity contribution in [2.24, 2.45) is 5.41 Å². The Bertz CT molecular complexity index is 1260. The smallest absolute Gasteiger partial charge is 0.125 e. The number of fused-ring (bicyclic) bond motifs is 1. The highest BCUT2D eigenvalue weighted by atomic mass is 35.5. The molecule has 1 aromatic heterocycles. The number of nitrogens with zero attached hydrogens (tertiary/aromatic N) is 2. The van der Waals surface area contributed by atoms with E-state index in [-0.39, 0.29) is 12.0 Å². The van der Waals surface area contributed by atoms with E-state index >= 15 is 0 Å². The zero-order valence-corrected chi connectivity index (χ0v) is 21.6. The van der Waals surface area contributed by atoms with Crippen molar-refractivity contribution in [3.63, 3.8) is 0 Å². The lowest BCUT2D eigenvalue weighted by Crippen LogP contribution is -2.42. The van der Waals surface area contributed by atoms with Gasteiger partial charge in [-0.3, -0.25) is 9.88 Å². The van der Waals surface area contributed by atoms with E-state index in [0.29, 0.717) is 46.3 Å². The van der Waals surface area contributed by atoms with Gasteiger partial charge < -0.3 is 14.9 Å². The summed E-state index contributed by atoms with van der Waals surface area (Å²) in [7, 11) is 1.59. The second-order valence-electron chi connectivity index (χ2n) is 9.35. The molecule has 1 saturated heterocycles. The van der Waals surface area contributed by atoms with Gasteiger partial charge in [0.05, 0.1) is 30.3 Å². The molecule has 1 aliphatic heterocycles. The minimum atomic E-state index is -0.791. The first-order valence-electron chi connectivity index (χ1n) is 11.9. The van der Waals surface area contributed by atoms with E-state index in [2.05, 4.69) is 21.7 Å². The van der Waals surface area contributed by atoms with Gasteiger partial charge in [0.2, 0.25) is 0 Å². The van der Waals surface area contributed by atoms with Crippen LogP contribution in [0.5, 0.6) is 5.75 Å². The van der Waals surface area contributed by atoms with Crippen molar-refractivity contribution >= 4 is 34.1 Å². The molecule has 1 atom stereocenters. The van der Waals surface area contributed by atoms with Crippen LogP contribution in [0.3, 0.4) is 0 Å². The highest BCUT2D eigenvalue weighted by molar-refractivity contribution is 6.32. The predicted octanol–water partition coefficient (Wildman–Crippen LogP) is 5.63. The number of piperidine rings is 1. The quantitative estimate of drug-likeness (QED) is 0.387. The number of rotatable bonds is 7. The molecule has 0 saturated carbocycles. The molecule has 0 spiro atoms. The molecular formula is C28H29Cl2FN2O3. The Morgan fingerprint density at radius 3 is 2.67 bits per heavy atom. The molecule has 0 bridgehead atoms. The van der Waals surface area contributed by atoms with Crippen LogP contribution in [0.15, 0.2) is 42.6 Å². The molecule has 36 heavy (non-hydrogen) atoms. The first-order chi connectivity index (χ1) is 17.3. The van der Waals surface area contributed by atoms with Crippen LogP contribution in [0.25, 0.3) is 10.9 Å². The van der Waals surface area contributed by atoms with E-state index in [1.807, 2.05) is 18.2 Å². The number of halogens is 3. The Kier molecular flexibility index (Phi) is 8.71. The molecule has 0 unspecified atom stereocenters. The van der Waals surface area contributed by atoms with E-state index in [9.17, 15) is 14.6 Å². The van der Waals surface area contributed by atoms with Gasteiger partial charge in [-0.15, -0.1) is 0 Å². The number of benzene rings is 2. The second-order valence-corrected chi connectivity index (χ2v) is 10.2. The number of aliphatic hydroxyl groups is 2. The summed E-state index contributed by atoms with van der Waals surface area (Å²) in [6.07, 6.45) is 3.49.